The minimum atomic E-state index is -0.187. The molecule has 0 nitrogen and oxygen atoms in total. The molecule has 0 N–H and O–H groups in total. The number of benzene rings is 1. The largest absolute Gasteiger partial charge is 0.207 e. The van der Waals surface area contributed by atoms with Gasteiger partial charge in [0, 0.05) is 11.3 Å². The average molecular weight is 194 g/mol. The van der Waals surface area contributed by atoms with Gasteiger partial charge in [0.2, 0.25) is 0 Å². The van der Waals surface area contributed by atoms with Gasteiger partial charge in [-0.25, -0.2) is 4.39 Å². The number of unbranched alkanes of at least 4 members (excludes halogenated alkanes) is 1. The van der Waals surface area contributed by atoms with Gasteiger partial charge in [0.05, 0.1) is 0 Å². The summed E-state index contributed by atoms with van der Waals surface area (Å²) in [5.41, 5.74) is 0. The summed E-state index contributed by atoms with van der Waals surface area (Å²) < 4.78 is 12.5. The van der Waals surface area contributed by atoms with Gasteiger partial charge in [-0.15, -0.1) is 24.1 Å². The molecule has 0 amide bonds. The van der Waals surface area contributed by atoms with E-state index in [1.54, 1.807) is 23.9 Å². The van der Waals surface area contributed by atoms with Crippen molar-refractivity contribution in [3.05, 3.63) is 30.1 Å². The molecule has 0 atom stereocenters. The molecule has 0 fully saturated rings. The van der Waals surface area contributed by atoms with Crippen LogP contribution < -0.4 is 0 Å². The lowest BCUT2D eigenvalue weighted by molar-refractivity contribution is 0.626. The molecular weight excluding hydrogens is 183 g/mol. The number of hydrogen-bond donors (Lipinski definition) is 0. The molecule has 1 aromatic rings. The highest BCUT2D eigenvalue weighted by atomic mass is 32.2. The molecule has 0 spiro atoms. The van der Waals surface area contributed by atoms with Crippen LogP contribution in [0.4, 0.5) is 4.39 Å². The van der Waals surface area contributed by atoms with Gasteiger partial charge < -0.3 is 0 Å². The third-order valence-electron chi connectivity index (χ3n) is 1.55. The van der Waals surface area contributed by atoms with Crippen LogP contribution in [-0.2, 0) is 0 Å². The number of rotatable bonds is 4. The minimum absolute atomic E-state index is 0.187. The highest BCUT2D eigenvalue weighted by Crippen LogP contribution is 2.19. The molecule has 0 aromatic heterocycles. The van der Waals surface area contributed by atoms with Crippen molar-refractivity contribution in [3.63, 3.8) is 0 Å². The molecule has 0 aliphatic carbocycles. The summed E-state index contributed by atoms with van der Waals surface area (Å²) in [6, 6.07) is 6.53. The van der Waals surface area contributed by atoms with Crippen molar-refractivity contribution in [2.45, 2.75) is 17.7 Å². The summed E-state index contributed by atoms with van der Waals surface area (Å²) in [7, 11) is 0. The first-order chi connectivity index (χ1) is 6.33. The maximum absolute atomic E-state index is 12.5. The van der Waals surface area contributed by atoms with Crippen LogP contribution in [0.3, 0.4) is 0 Å². The van der Waals surface area contributed by atoms with Crippen LogP contribution in [0, 0.1) is 18.2 Å². The van der Waals surface area contributed by atoms with Gasteiger partial charge in [-0.1, -0.05) is 0 Å². The zero-order valence-electron chi connectivity index (χ0n) is 7.29. The SMILES string of the molecule is C#CCCCSc1ccc(F)cc1. The summed E-state index contributed by atoms with van der Waals surface area (Å²) in [5, 5.41) is 0. The lowest BCUT2D eigenvalue weighted by Gasteiger charge is -1.98. The second kappa shape index (κ2) is 5.66. The molecule has 0 aliphatic rings. The van der Waals surface area contributed by atoms with Gasteiger partial charge in [0.15, 0.2) is 0 Å². The number of hydrogen-bond acceptors (Lipinski definition) is 1. The fourth-order valence-corrected chi connectivity index (χ4v) is 1.75. The Morgan fingerprint density at radius 3 is 2.62 bits per heavy atom. The van der Waals surface area contributed by atoms with Crippen molar-refractivity contribution < 1.29 is 4.39 Å². The van der Waals surface area contributed by atoms with Crippen molar-refractivity contribution in [2.75, 3.05) is 5.75 Å². The van der Waals surface area contributed by atoms with Gasteiger partial charge in [0.1, 0.15) is 5.82 Å². The van der Waals surface area contributed by atoms with Gasteiger partial charge in [-0.2, -0.15) is 0 Å². The Kier molecular flexibility index (Phi) is 4.42. The first-order valence-electron chi connectivity index (χ1n) is 4.15. The van der Waals surface area contributed by atoms with Gasteiger partial charge >= 0.3 is 0 Å². The summed E-state index contributed by atoms with van der Waals surface area (Å²) in [5.74, 6) is 3.40. The summed E-state index contributed by atoms with van der Waals surface area (Å²) in [4.78, 5) is 1.10. The Morgan fingerprint density at radius 1 is 1.31 bits per heavy atom. The van der Waals surface area contributed by atoms with E-state index in [4.69, 9.17) is 6.42 Å². The quantitative estimate of drug-likeness (QED) is 0.402. The molecular formula is C11H11FS. The molecule has 0 saturated heterocycles. The Labute approximate surface area is 82.5 Å². The molecule has 68 valence electrons. The minimum Gasteiger partial charge on any atom is -0.207 e. The first kappa shape index (κ1) is 10.1. The fourth-order valence-electron chi connectivity index (χ4n) is 0.895. The Hall–Kier alpha value is -0.940. The molecule has 1 rings (SSSR count). The molecule has 0 heterocycles. The zero-order chi connectivity index (χ0) is 9.52. The van der Waals surface area contributed by atoms with E-state index >= 15 is 0 Å². The Balaban J connectivity index is 2.30. The molecule has 0 radical (unpaired) electrons. The maximum Gasteiger partial charge on any atom is 0.123 e. The smallest absolute Gasteiger partial charge is 0.123 e. The van der Waals surface area contributed by atoms with E-state index in [9.17, 15) is 4.39 Å². The lowest BCUT2D eigenvalue weighted by Crippen LogP contribution is -1.79. The molecule has 13 heavy (non-hydrogen) atoms. The van der Waals surface area contributed by atoms with E-state index in [-0.39, 0.29) is 5.82 Å². The third kappa shape index (κ3) is 4.00. The summed E-state index contributed by atoms with van der Waals surface area (Å²) in [6.45, 7) is 0. The van der Waals surface area contributed by atoms with Crippen molar-refractivity contribution in [2.24, 2.45) is 0 Å². The lowest BCUT2D eigenvalue weighted by atomic mass is 10.3. The van der Waals surface area contributed by atoms with Crippen LogP contribution in [0.25, 0.3) is 0 Å². The van der Waals surface area contributed by atoms with Gasteiger partial charge in [-0.3, -0.25) is 0 Å². The number of terminal acetylenes is 1. The topological polar surface area (TPSA) is 0 Å². The predicted octanol–water partition coefficient (Wildman–Crippen LogP) is 3.33. The van der Waals surface area contributed by atoms with E-state index in [1.165, 1.54) is 12.1 Å². The molecule has 1 aromatic carbocycles. The Bertz CT molecular complexity index is 284. The van der Waals surface area contributed by atoms with E-state index in [0.29, 0.717) is 0 Å². The van der Waals surface area contributed by atoms with Crippen LogP contribution in [0.2, 0.25) is 0 Å². The highest BCUT2D eigenvalue weighted by molar-refractivity contribution is 7.99. The fraction of sp³-hybridized carbons (Fsp3) is 0.273. The second-order valence-electron chi connectivity index (χ2n) is 2.61. The van der Waals surface area contributed by atoms with Crippen LogP contribution in [-0.4, -0.2) is 5.75 Å². The maximum atomic E-state index is 12.5. The number of thioether (sulfide) groups is 1. The van der Waals surface area contributed by atoms with Crippen LogP contribution in [0.5, 0.6) is 0 Å². The monoisotopic (exact) mass is 194 g/mol. The van der Waals surface area contributed by atoms with Gasteiger partial charge in [0.25, 0.3) is 0 Å². The van der Waals surface area contributed by atoms with Gasteiger partial charge in [-0.05, 0) is 36.4 Å². The molecule has 0 saturated carbocycles. The van der Waals surface area contributed by atoms with Crippen molar-refractivity contribution in [3.8, 4) is 12.3 Å². The van der Waals surface area contributed by atoms with E-state index in [2.05, 4.69) is 5.92 Å². The second-order valence-corrected chi connectivity index (χ2v) is 3.78. The van der Waals surface area contributed by atoms with Crippen LogP contribution in [0.15, 0.2) is 29.2 Å². The van der Waals surface area contributed by atoms with Crippen LogP contribution >= 0.6 is 11.8 Å². The van der Waals surface area contributed by atoms with Crippen molar-refractivity contribution in [1.29, 1.82) is 0 Å². The van der Waals surface area contributed by atoms with E-state index < -0.39 is 0 Å². The van der Waals surface area contributed by atoms with Crippen molar-refractivity contribution in [1.82, 2.24) is 0 Å². The highest BCUT2D eigenvalue weighted by Gasteiger charge is 1.93. The number of halogens is 1. The normalized spacial score (nSPS) is 9.54. The van der Waals surface area contributed by atoms with Crippen LogP contribution in [0.1, 0.15) is 12.8 Å². The molecule has 0 bridgehead atoms. The van der Waals surface area contributed by atoms with E-state index in [0.717, 1.165) is 23.5 Å². The average Bonchev–Trinajstić information content (AvgIpc) is 2.15. The first-order valence-corrected chi connectivity index (χ1v) is 5.13. The van der Waals surface area contributed by atoms with E-state index in [1.807, 2.05) is 0 Å². The third-order valence-corrected chi connectivity index (χ3v) is 2.65. The standard InChI is InChI=1S/C11H11FS/c1-2-3-4-9-13-11-7-5-10(12)6-8-11/h1,5-8H,3-4,9H2. The summed E-state index contributed by atoms with van der Waals surface area (Å²) >= 11 is 1.71. The Morgan fingerprint density at radius 2 is 2.00 bits per heavy atom. The zero-order valence-corrected chi connectivity index (χ0v) is 8.11. The molecule has 2 heteroatoms. The van der Waals surface area contributed by atoms with Crippen molar-refractivity contribution >= 4 is 11.8 Å². The molecule has 0 aliphatic heterocycles. The summed E-state index contributed by atoms with van der Waals surface area (Å²) in [6.07, 6.45) is 6.95. The predicted molar refractivity (Wildman–Crippen MR) is 55.2 cm³/mol. The molecule has 0 unspecified atom stereocenters.